The van der Waals surface area contributed by atoms with Crippen molar-refractivity contribution in [1.82, 2.24) is 9.97 Å². The fourth-order valence-electron chi connectivity index (χ4n) is 1.91. The largest absolute Gasteiger partial charge is 0.322 e. The molecular formula is C13H17N3S. The highest BCUT2D eigenvalue weighted by atomic mass is 32.1. The highest BCUT2D eigenvalue weighted by Crippen LogP contribution is 2.19. The van der Waals surface area contributed by atoms with Crippen molar-refractivity contribution in [3.8, 4) is 0 Å². The van der Waals surface area contributed by atoms with Crippen LogP contribution in [0.4, 0.5) is 0 Å². The third kappa shape index (κ3) is 2.90. The van der Waals surface area contributed by atoms with Gasteiger partial charge in [0.05, 0.1) is 22.4 Å². The first-order valence-electron chi connectivity index (χ1n) is 5.81. The van der Waals surface area contributed by atoms with Crippen LogP contribution in [0.15, 0.2) is 23.7 Å². The molecule has 90 valence electrons. The molecule has 17 heavy (non-hydrogen) atoms. The lowest BCUT2D eigenvalue weighted by molar-refractivity contribution is 0.675. The summed E-state index contributed by atoms with van der Waals surface area (Å²) in [6, 6.07) is 3.99. The van der Waals surface area contributed by atoms with Gasteiger partial charge in [-0.25, -0.2) is 4.98 Å². The summed E-state index contributed by atoms with van der Waals surface area (Å²) in [4.78, 5) is 8.85. The second kappa shape index (κ2) is 5.38. The van der Waals surface area contributed by atoms with Gasteiger partial charge < -0.3 is 5.73 Å². The van der Waals surface area contributed by atoms with Gasteiger partial charge in [-0.2, -0.15) is 0 Å². The van der Waals surface area contributed by atoms with E-state index in [0.717, 1.165) is 29.2 Å². The first-order valence-corrected chi connectivity index (χ1v) is 6.69. The van der Waals surface area contributed by atoms with E-state index >= 15 is 0 Å². The maximum Gasteiger partial charge on any atom is 0.0897 e. The number of aryl methyl sites for hydroxylation is 2. The van der Waals surface area contributed by atoms with Crippen molar-refractivity contribution in [3.63, 3.8) is 0 Å². The molecule has 1 atom stereocenters. The van der Waals surface area contributed by atoms with Crippen LogP contribution in [-0.4, -0.2) is 9.97 Å². The van der Waals surface area contributed by atoms with Gasteiger partial charge >= 0.3 is 0 Å². The minimum atomic E-state index is -0.0624. The van der Waals surface area contributed by atoms with Crippen LogP contribution in [0.1, 0.15) is 34.9 Å². The number of hydrogen-bond acceptors (Lipinski definition) is 4. The van der Waals surface area contributed by atoms with E-state index < -0.39 is 0 Å². The van der Waals surface area contributed by atoms with Crippen molar-refractivity contribution in [3.05, 3.63) is 45.7 Å². The molecule has 0 saturated heterocycles. The van der Waals surface area contributed by atoms with Gasteiger partial charge in [-0.15, -0.1) is 11.3 Å². The quantitative estimate of drug-likeness (QED) is 0.903. The van der Waals surface area contributed by atoms with Crippen LogP contribution in [0.2, 0.25) is 0 Å². The maximum atomic E-state index is 6.21. The predicted molar refractivity (Wildman–Crippen MR) is 71.1 cm³/mol. The first kappa shape index (κ1) is 12.2. The van der Waals surface area contributed by atoms with Crippen molar-refractivity contribution in [1.29, 1.82) is 0 Å². The van der Waals surface area contributed by atoms with Crippen LogP contribution in [0.3, 0.4) is 0 Å². The molecule has 0 aromatic carbocycles. The van der Waals surface area contributed by atoms with Gasteiger partial charge in [-0.05, 0) is 25.0 Å². The van der Waals surface area contributed by atoms with E-state index in [-0.39, 0.29) is 6.04 Å². The van der Waals surface area contributed by atoms with Crippen molar-refractivity contribution >= 4 is 11.3 Å². The standard InChI is InChI=1S/C13H17N3S/c1-3-10-5-4-6-15-13(10)12(14)7-11-8-17-9(2)16-11/h4-6,8,12H,3,7,14H2,1-2H3. The van der Waals surface area contributed by atoms with Gasteiger partial charge in [0.2, 0.25) is 0 Å². The molecule has 1 unspecified atom stereocenters. The van der Waals surface area contributed by atoms with E-state index in [1.165, 1.54) is 5.56 Å². The van der Waals surface area contributed by atoms with Crippen LogP contribution in [0, 0.1) is 6.92 Å². The van der Waals surface area contributed by atoms with Crippen molar-refractivity contribution in [2.24, 2.45) is 5.73 Å². The van der Waals surface area contributed by atoms with Gasteiger partial charge in [0.25, 0.3) is 0 Å². The van der Waals surface area contributed by atoms with Crippen LogP contribution in [0.5, 0.6) is 0 Å². The summed E-state index contributed by atoms with van der Waals surface area (Å²) < 4.78 is 0. The van der Waals surface area contributed by atoms with Crippen molar-refractivity contribution in [2.45, 2.75) is 32.7 Å². The molecule has 2 aromatic heterocycles. The molecule has 0 fully saturated rings. The summed E-state index contributed by atoms with van der Waals surface area (Å²) in [7, 11) is 0. The Kier molecular flexibility index (Phi) is 3.86. The topological polar surface area (TPSA) is 51.8 Å². The number of thiazole rings is 1. The average Bonchev–Trinajstić information content (AvgIpc) is 2.74. The summed E-state index contributed by atoms with van der Waals surface area (Å²) in [5.41, 5.74) is 9.51. The van der Waals surface area contributed by atoms with E-state index in [4.69, 9.17) is 5.73 Å². The Balaban J connectivity index is 2.16. The van der Waals surface area contributed by atoms with E-state index in [0.29, 0.717) is 0 Å². The molecule has 0 aliphatic heterocycles. The van der Waals surface area contributed by atoms with Gasteiger partial charge in [0.1, 0.15) is 0 Å². The van der Waals surface area contributed by atoms with Crippen LogP contribution >= 0.6 is 11.3 Å². The third-order valence-electron chi connectivity index (χ3n) is 2.75. The zero-order valence-electron chi connectivity index (χ0n) is 10.2. The normalized spacial score (nSPS) is 12.6. The summed E-state index contributed by atoms with van der Waals surface area (Å²) >= 11 is 1.66. The Morgan fingerprint density at radius 3 is 2.94 bits per heavy atom. The van der Waals surface area contributed by atoms with Gasteiger partial charge in [0.15, 0.2) is 0 Å². The Bertz CT molecular complexity index is 493. The molecule has 0 aliphatic rings. The molecule has 3 nitrogen and oxygen atoms in total. The minimum Gasteiger partial charge on any atom is -0.322 e. The SMILES string of the molecule is CCc1cccnc1C(N)Cc1csc(C)n1. The minimum absolute atomic E-state index is 0.0624. The van der Waals surface area contributed by atoms with Gasteiger partial charge in [-0.1, -0.05) is 13.0 Å². The number of hydrogen-bond donors (Lipinski definition) is 1. The number of nitrogens with two attached hydrogens (primary N) is 1. The molecular weight excluding hydrogens is 230 g/mol. The maximum absolute atomic E-state index is 6.21. The summed E-state index contributed by atoms with van der Waals surface area (Å²) in [5.74, 6) is 0. The molecule has 2 heterocycles. The zero-order chi connectivity index (χ0) is 12.3. The van der Waals surface area contributed by atoms with Crippen LogP contribution < -0.4 is 5.73 Å². The Morgan fingerprint density at radius 1 is 1.47 bits per heavy atom. The second-order valence-corrected chi connectivity index (χ2v) is 5.13. The van der Waals surface area contributed by atoms with E-state index in [2.05, 4.69) is 28.3 Å². The molecule has 0 bridgehead atoms. The molecule has 0 amide bonds. The Labute approximate surface area is 106 Å². The molecule has 2 aromatic rings. The molecule has 2 N–H and O–H groups in total. The smallest absolute Gasteiger partial charge is 0.0897 e. The lowest BCUT2D eigenvalue weighted by atomic mass is 10.0. The summed E-state index contributed by atoms with van der Waals surface area (Å²) in [6.45, 7) is 4.14. The highest BCUT2D eigenvalue weighted by molar-refractivity contribution is 7.09. The molecule has 0 radical (unpaired) electrons. The third-order valence-corrected chi connectivity index (χ3v) is 3.58. The van der Waals surface area contributed by atoms with E-state index in [1.54, 1.807) is 17.5 Å². The Morgan fingerprint density at radius 2 is 2.29 bits per heavy atom. The lowest BCUT2D eigenvalue weighted by Crippen LogP contribution is -2.17. The fraction of sp³-hybridized carbons (Fsp3) is 0.385. The van der Waals surface area contributed by atoms with Crippen molar-refractivity contribution < 1.29 is 0 Å². The van der Waals surface area contributed by atoms with Crippen LogP contribution in [0.25, 0.3) is 0 Å². The fourth-order valence-corrected chi connectivity index (χ4v) is 2.53. The van der Waals surface area contributed by atoms with Crippen LogP contribution in [-0.2, 0) is 12.8 Å². The van der Waals surface area contributed by atoms with Gasteiger partial charge in [0, 0.05) is 18.0 Å². The number of pyridine rings is 1. The molecule has 4 heteroatoms. The van der Waals surface area contributed by atoms with Crippen molar-refractivity contribution in [2.75, 3.05) is 0 Å². The molecule has 0 spiro atoms. The monoisotopic (exact) mass is 247 g/mol. The molecule has 0 aliphatic carbocycles. The van der Waals surface area contributed by atoms with E-state index in [1.807, 2.05) is 13.0 Å². The number of rotatable bonds is 4. The molecule has 0 saturated carbocycles. The van der Waals surface area contributed by atoms with Gasteiger partial charge in [-0.3, -0.25) is 4.98 Å². The number of aromatic nitrogens is 2. The second-order valence-electron chi connectivity index (χ2n) is 4.07. The van der Waals surface area contributed by atoms with E-state index in [9.17, 15) is 0 Å². The Hall–Kier alpha value is -1.26. The first-order chi connectivity index (χ1) is 8.20. The summed E-state index contributed by atoms with van der Waals surface area (Å²) in [5, 5.41) is 3.16. The number of nitrogens with zero attached hydrogens (tertiary/aromatic N) is 2. The average molecular weight is 247 g/mol. The summed E-state index contributed by atoms with van der Waals surface area (Å²) in [6.07, 6.45) is 3.53. The predicted octanol–water partition coefficient (Wildman–Crippen LogP) is 2.65. The molecule has 2 rings (SSSR count). The highest BCUT2D eigenvalue weighted by Gasteiger charge is 2.13. The zero-order valence-corrected chi connectivity index (χ0v) is 11.0. The lowest BCUT2D eigenvalue weighted by Gasteiger charge is -2.13.